The summed E-state index contributed by atoms with van der Waals surface area (Å²) < 4.78 is 0. The van der Waals surface area contributed by atoms with Crippen molar-refractivity contribution in [3.8, 4) is 0 Å². The molecule has 2 rings (SSSR count). The van der Waals surface area contributed by atoms with Crippen LogP contribution < -0.4 is 0 Å². The second-order valence-corrected chi connectivity index (χ2v) is 5.28. The van der Waals surface area contributed by atoms with Crippen LogP contribution in [0.2, 0.25) is 0 Å². The van der Waals surface area contributed by atoms with E-state index in [0.29, 0.717) is 6.54 Å². The van der Waals surface area contributed by atoms with E-state index in [1.165, 1.54) is 5.56 Å². The summed E-state index contributed by atoms with van der Waals surface area (Å²) in [5.74, 6) is 0.121. The molecule has 1 aromatic carbocycles. The number of carbonyl (C=O) groups is 1. The van der Waals surface area contributed by atoms with Crippen molar-refractivity contribution in [2.75, 3.05) is 19.6 Å². The van der Waals surface area contributed by atoms with Crippen molar-refractivity contribution in [2.24, 2.45) is 0 Å². The molecule has 0 radical (unpaired) electrons. The lowest BCUT2D eigenvalue weighted by molar-refractivity contribution is -0.118. The van der Waals surface area contributed by atoms with E-state index in [9.17, 15) is 9.90 Å². The van der Waals surface area contributed by atoms with Crippen LogP contribution in [0.15, 0.2) is 24.3 Å². The normalized spacial score (nSPS) is 22.1. The monoisotopic (exact) mass is 247 g/mol. The Kier molecular flexibility index (Phi) is 4.15. The van der Waals surface area contributed by atoms with Crippen LogP contribution in [0, 0.1) is 6.92 Å². The molecule has 18 heavy (non-hydrogen) atoms. The Morgan fingerprint density at radius 2 is 2.11 bits per heavy atom. The molecular formula is C15H21NO2. The Hall–Kier alpha value is -1.19. The van der Waals surface area contributed by atoms with Crippen LogP contribution in [0.1, 0.15) is 30.4 Å². The van der Waals surface area contributed by atoms with Crippen LogP contribution >= 0.6 is 0 Å². The fourth-order valence-electron chi connectivity index (χ4n) is 2.50. The number of β-amino-alcohol motifs (C(OH)–C–C–N with tert-alkyl or cyclic N) is 1. The number of aliphatic hydroxyl groups excluding tert-OH is 1. The molecule has 0 amide bonds. The number of Topliss-reactive ketones (excluding diaryl/α,β-unsaturated/α-hetero) is 1. The standard InChI is InChI=1S/C15H21NO2/c1-11-3-5-13(6-4-11)15(12(2)17)10-16-8-7-14(18)9-16/h3-6,14-15,18H,7-10H2,1-2H3/t14-,15-/m1/s1. The summed E-state index contributed by atoms with van der Waals surface area (Å²) in [5.41, 5.74) is 2.28. The van der Waals surface area contributed by atoms with E-state index in [2.05, 4.69) is 4.90 Å². The highest BCUT2D eigenvalue weighted by molar-refractivity contribution is 5.83. The van der Waals surface area contributed by atoms with E-state index in [1.807, 2.05) is 31.2 Å². The second-order valence-electron chi connectivity index (χ2n) is 5.28. The molecule has 0 saturated carbocycles. The molecular weight excluding hydrogens is 226 g/mol. The number of nitrogens with zero attached hydrogens (tertiary/aromatic N) is 1. The Bertz CT molecular complexity index is 413. The summed E-state index contributed by atoms with van der Waals surface area (Å²) >= 11 is 0. The number of benzene rings is 1. The molecule has 0 unspecified atom stereocenters. The molecule has 0 aromatic heterocycles. The van der Waals surface area contributed by atoms with Crippen molar-refractivity contribution in [3.63, 3.8) is 0 Å². The van der Waals surface area contributed by atoms with Gasteiger partial charge in [-0.3, -0.25) is 9.69 Å². The molecule has 1 aliphatic heterocycles. The van der Waals surface area contributed by atoms with Gasteiger partial charge in [-0.25, -0.2) is 0 Å². The van der Waals surface area contributed by atoms with Gasteiger partial charge in [0.25, 0.3) is 0 Å². The maximum absolute atomic E-state index is 11.8. The molecule has 2 atom stereocenters. The van der Waals surface area contributed by atoms with Crippen molar-refractivity contribution in [1.29, 1.82) is 0 Å². The van der Waals surface area contributed by atoms with Crippen LogP contribution in [0.4, 0.5) is 0 Å². The van der Waals surface area contributed by atoms with Gasteiger partial charge in [0.15, 0.2) is 0 Å². The average molecular weight is 247 g/mol. The van der Waals surface area contributed by atoms with E-state index < -0.39 is 0 Å². The Balaban J connectivity index is 2.08. The van der Waals surface area contributed by atoms with Gasteiger partial charge in [0, 0.05) is 19.6 Å². The third kappa shape index (κ3) is 3.18. The number of likely N-dealkylation sites (tertiary alicyclic amines) is 1. The fraction of sp³-hybridized carbons (Fsp3) is 0.533. The first-order chi connectivity index (χ1) is 8.56. The van der Waals surface area contributed by atoms with Gasteiger partial charge in [0.1, 0.15) is 5.78 Å². The van der Waals surface area contributed by atoms with Crippen LogP contribution in [0.3, 0.4) is 0 Å². The van der Waals surface area contributed by atoms with Crippen molar-refractivity contribution in [1.82, 2.24) is 4.90 Å². The zero-order chi connectivity index (χ0) is 13.1. The zero-order valence-electron chi connectivity index (χ0n) is 11.1. The predicted molar refractivity (Wildman–Crippen MR) is 71.7 cm³/mol. The molecule has 0 spiro atoms. The highest BCUT2D eigenvalue weighted by atomic mass is 16.3. The molecule has 1 saturated heterocycles. The quantitative estimate of drug-likeness (QED) is 0.881. The molecule has 0 bridgehead atoms. The molecule has 0 aliphatic carbocycles. The highest BCUT2D eigenvalue weighted by Crippen LogP contribution is 2.21. The van der Waals surface area contributed by atoms with Crippen molar-refractivity contribution >= 4 is 5.78 Å². The van der Waals surface area contributed by atoms with Crippen molar-refractivity contribution < 1.29 is 9.90 Å². The van der Waals surface area contributed by atoms with Gasteiger partial charge >= 0.3 is 0 Å². The molecule has 1 heterocycles. The highest BCUT2D eigenvalue weighted by Gasteiger charge is 2.25. The van der Waals surface area contributed by atoms with Gasteiger partial charge in [0.2, 0.25) is 0 Å². The zero-order valence-corrected chi connectivity index (χ0v) is 11.1. The number of ketones is 1. The van der Waals surface area contributed by atoms with Crippen LogP contribution in [0.5, 0.6) is 0 Å². The largest absolute Gasteiger partial charge is 0.392 e. The molecule has 1 aromatic rings. The summed E-state index contributed by atoms with van der Waals surface area (Å²) in [7, 11) is 0. The summed E-state index contributed by atoms with van der Waals surface area (Å²) in [5, 5.41) is 9.53. The molecule has 1 aliphatic rings. The summed E-state index contributed by atoms with van der Waals surface area (Å²) in [6.07, 6.45) is 0.592. The van der Waals surface area contributed by atoms with Crippen molar-refractivity contribution in [3.05, 3.63) is 35.4 Å². The number of aliphatic hydroxyl groups is 1. The van der Waals surface area contributed by atoms with Gasteiger partial charge in [-0.2, -0.15) is 0 Å². The Morgan fingerprint density at radius 3 is 2.61 bits per heavy atom. The van der Waals surface area contributed by atoms with Crippen LogP contribution in [-0.4, -0.2) is 41.5 Å². The minimum absolute atomic E-state index is 0.0732. The third-order valence-corrected chi connectivity index (χ3v) is 3.66. The second kappa shape index (κ2) is 5.63. The maximum Gasteiger partial charge on any atom is 0.138 e. The fourth-order valence-corrected chi connectivity index (χ4v) is 2.50. The lowest BCUT2D eigenvalue weighted by atomic mass is 9.94. The van der Waals surface area contributed by atoms with Crippen LogP contribution in [-0.2, 0) is 4.79 Å². The molecule has 1 fully saturated rings. The number of aryl methyl sites for hydroxylation is 1. The third-order valence-electron chi connectivity index (χ3n) is 3.66. The van der Waals surface area contributed by atoms with Gasteiger partial charge in [-0.1, -0.05) is 29.8 Å². The maximum atomic E-state index is 11.8. The van der Waals surface area contributed by atoms with Gasteiger partial charge < -0.3 is 5.11 Å². The molecule has 98 valence electrons. The number of carbonyl (C=O) groups excluding carboxylic acids is 1. The summed E-state index contributed by atoms with van der Waals surface area (Å²) in [4.78, 5) is 14.0. The number of hydrogen-bond donors (Lipinski definition) is 1. The van der Waals surface area contributed by atoms with E-state index in [4.69, 9.17) is 0 Å². The van der Waals surface area contributed by atoms with E-state index >= 15 is 0 Å². The minimum atomic E-state index is -0.226. The predicted octanol–water partition coefficient (Wildman–Crippen LogP) is 1.73. The lowest BCUT2D eigenvalue weighted by Crippen LogP contribution is -2.30. The first-order valence-corrected chi connectivity index (χ1v) is 6.53. The lowest BCUT2D eigenvalue weighted by Gasteiger charge is -2.22. The summed E-state index contributed by atoms with van der Waals surface area (Å²) in [6, 6.07) is 8.16. The van der Waals surface area contributed by atoms with Gasteiger partial charge in [-0.05, 0) is 25.8 Å². The summed E-state index contributed by atoms with van der Waals surface area (Å²) in [6.45, 7) is 5.99. The molecule has 1 N–H and O–H groups in total. The Morgan fingerprint density at radius 1 is 1.44 bits per heavy atom. The Labute approximate surface area is 108 Å². The molecule has 3 nitrogen and oxygen atoms in total. The van der Waals surface area contributed by atoms with E-state index in [1.54, 1.807) is 6.92 Å². The van der Waals surface area contributed by atoms with E-state index in [-0.39, 0.29) is 17.8 Å². The first kappa shape index (κ1) is 13.2. The number of hydrogen-bond acceptors (Lipinski definition) is 3. The van der Waals surface area contributed by atoms with Gasteiger partial charge in [0.05, 0.1) is 12.0 Å². The minimum Gasteiger partial charge on any atom is -0.392 e. The smallest absolute Gasteiger partial charge is 0.138 e. The SMILES string of the molecule is CC(=O)[C@@H](CN1CC[C@@H](O)C1)c1ccc(C)cc1. The molecule has 3 heteroatoms. The van der Waals surface area contributed by atoms with Crippen LogP contribution in [0.25, 0.3) is 0 Å². The topological polar surface area (TPSA) is 40.5 Å². The first-order valence-electron chi connectivity index (χ1n) is 6.53. The van der Waals surface area contributed by atoms with Crippen molar-refractivity contribution in [2.45, 2.75) is 32.3 Å². The van der Waals surface area contributed by atoms with Gasteiger partial charge in [-0.15, -0.1) is 0 Å². The van der Waals surface area contributed by atoms with E-state index in [0.717, 1.165) is 25.1 Å². The number of rotatable bonds is 4. The average Bonchev–Trinajstić information content (AvgIpc) is 2.73.